The van der Waals surface area contributed by atoms with E-state index in [0.717, 1.165) is 45.6 Å². The van der Waals surface area contributed by atoms with E-state index in [4.69, 9.17) is 4.74 Å². The summed E-state index contributed by atoms with van der Waals surface area (Å²) >= 11 is 0. The van der Waals surface area contributed by atoms with Gasteiger partial charge < -0.3 is 14.6 Å². The van der Waals surface area contributed by atoms with Crippen LogP contribution in [-0.2, 0) is 23.9 Å². The van der Waals surface area contributed by atoms with Gasteiger partial charge in [0.05, 0.1) is 13.0 Å². The van der Waals surface area contributed by atoms with Crippen molar-refractivity contribution in [2.75, 3.05) is 13.7 Å². The summed E-state index contributed by atoms with van der Waals surface area (Å²) in [6, 6.07) is 0. The zero-order valence-electron chi connectivity index (χ0n) is 18.6. The Hall–Kier alpha value is -2.11. The fourth-order valence-electron chi connectivity index (χ4n) is 3.70. The van der Waals surface area contributed by atoms with Gasteiger partial charge in [0.1, 0.15) is 12.2 Å². The Labute approximate surface area is 180 Å². The summed E-state index contributed by atoms with van der Waals surface area (Å²) in [5.41, 5.74) is -0.0163. The lowest BCUT2D eigenvalue weighted by molar-refractivity contribution is -0.143. The number of hydrogen-bond acceptors (Lipinski definition) is 5. The fourth-order valence-corrected chi connectivity index (χ4v) is 3.70. The van der Waals surface area contributed by atoms with Crippen LogP contribution >= 0.6 is 0 Å². The number of hydrogen-bond donors (Lipinski definition) is 1. The number of rotatable bonds is 17. The molecule has 0 bridgehead atoms. The number of cyclic esters (lactones) is 1. The molecule has 0 spiro atoms. The van der Waals surface area contributed by atoms with Crippen LogP contribution in [0.4, 0.5) is 0 Å². The number of esters is 2. The van der Waals surface area contributed by atoms with Gasteiger partial charge in [0.15, 0.2) is 0 Å². The second-order valence-corrected chi connectivity index (χ2v) is 7.88. The molecule has 1 N–H and O–H groups in total. The Kier molecular flexibility index (Phi) is 13.6. The van der Waals surface area contributed by atoms with Gasteiger partial charge in [-0.3, -0.25) is 4.79 Å². The molecule has 0 saturated heterocycles. The Morgan fingerprint density at radius 3 is 2.13 bits per heavy atom. The summed E-state index contributed by atoms with van der Waals surface area (Å²) < 4.78 is 9.47. The maximum atomic E-state index is 11.8. The Bertz CT molecular complexity index is 605. The van der Waals surface area contributed by atoms with Crippen molar-refractivity contribution in [2.45, 2.75) is 90.4 Å². The first-order valence-corrected chi connectivity index (χ1v) is 11.4. The average molecular weight is 423 g/mol. The molecule has 0 aromatic carbocycles. The van der Waals surface area contributed by atoms with Crippen LogP contribution < -0.4 is 0 Å². The van der Waals surface area contributed by atoms with E-state index in [0.29, 0.717) is 6.42 Å². The third-order valence-electron chi connectivity index (χ3n) is 5.50. The monoisotopic (exact) mass is 422 g/mol. The Balaban J connectivity index is 2.23. The molecule has 1 atom stereocenters. The van der Waals surface area contributed by atoms with Gasteiger partial charge in [0, 0.05) is 5.57 Å². The van der Waals surface area contributed by atoms with Crippen LogP contribution in [0.2, 0.25) is 0 Å². The molecule has 0 aliphatic carbocycles. The van der Waals surface area contributed by atoms with Crippen LogP contribution in [0.15, 0.2) is 23.3 Å². The van der Waals surface area contributed by atoms with Crippen molar-refractivity contribution < 1.29 is 29.0 Å². The Morgan fingerprint density at radius 2 is 1.57 bits per heavy atom. The molecular formula is C24H38O6. The lowest BCUT2D eigenvalue weighted by Crippen LogP contribution is -2.21. The quantitative estimate of drug-likeness (QED) is 0.147. The van der Waals surface area contributed by atoms with E-state index >= 15 is 0 Å². The van der Waals surface area contributed by atoms with Crippen LogP contribution in [-0.4, -0.2) is 36.7 Å². The highest BCUT2D eigenvalue weighted by Gasteiger charge is 2.37. The van der Waals surface area contributed by atoms with E-state index in [1.165, 1.54) is 38.5 Å². The lowest BCUT2D eigenvalue weighted by atomic mass is 9.90. The first-order chi connectivity index (χ1) is 14.5. The summed E-state index contributed by atoms with van der Waals surface area (Å²) in [6.07, 6.45) is 18.8. The predicted octanol–water partition coefficient (Wildman–Crippen LogP) is 5.36. The van der Waals surface area contributed by atoms with Crippen LogP contribution in [0.3, 0.4) is 0 Å². The molecule has 0 amide bonds. The van der Waals surface area contributed by atoms with Crippen molar-refractivity contribution in [1.29, 1.82) is 0 Å². The number of aliphatic carboxylic acids is 1. The molecule has 0 fully saturated rings. The van der Waals surface area contributed by atoms with Gasteiger partial charge in [0.2, 0.25) is 0 Å². The standard InChI is InChI=1S/C24H38O6/c1-3-4-5-6-7-8-9-10-11-12-13-14-15-16-17-19(22(25)26)20-18-30-24(28)21(20)23(27)29-2/h10-11,19H,3-9,12-18H2,1-2H3,(H,25,26)/b11-10-. The van der Waals surface area contributed by atoms with Gasteiger partial charge in [-0.05, 0) is 32.1 Å². The summed E-state index contributed by atoms with van der Waals surface area (Å²) in [5, 5.41) is 9.53. The average Bonchev–Trinajstić information content (AvgIpc) is 3.11. The van der Waals surface area contributed by atoms with Crippen molar-refractivity contribution >= 4 is 17.9 Å². The van der Waals surface area contributed by atoms with E-state index in [-0.39, 0.29) is 17.8 Å². The maximum Gasteiger partial charge on any atom is 0.346 e. The van der Waals surface area contributed by atoms with Gasteiger partial charge in [-0.1, -0.05) is 70.4 Å². The number of allylic oxidation sites excluding steroid dienone is 2. The third kappa shape index (κ3) is 9.59. The number of methoxy groups -OCH3 is 1. The van der Waals surface area contributed by atoms with E-state index in [1.807, 2.05) is 0 Å². The summed E-state index contributed by atoms with van der Waals surface area (Å²) in [4.78, 5) is 35.2. The normalized spacial score (nSPS) is 14.9. The molecule has 1 heterocycles. The first kappa shape index (κ1) is 25.9. The molecule has 0 aromatic heterocycles. The van der Waals surface area contributed by atoms with Crippen LogP contribution in [0.25, 0.3) is 0 Å². The molecule has 6 heteroatoms. The van der Waals surface area contributed by atoms with Gasteiger partial charge in [-0.15, -0.1) is 0 Å². The molecule has 170 valence electrons. The lowest BCUT2D eigenvalue weighted by Gasteiger charge is -2.13. The van der Waals surface area contributed by atoms with Gasteiger partial charge in [-0.25, -0.2) is 9.59 Å². The second kappa shape index (κ2) is 15.7. The number of carboxylic acids is 1. The molecule has 0 aromatic rings. The summed E-state index contributed by atoms with van der Waals surface area (Å²) in [5.74, 6) is -3.55. The number of ether oxygens (including phenoxy) is 2. The highest BCUT2D eigenvalue weighted by molar-refractivity contribution is 6.16. The topological polar surface area (TPSA) is 89.9 Å². The zero-order chi connectivity index (χ0) is 22.2. The summed E-state index contributed by atoms with van der Waals surface area (Å²) in [6.45, 7) is 2.09. The first-order valence-electron chi connectivity index (χ1n) is 11.4. The van der Waals surface area contributed by atoms with E-state index < -0.39 is 23.8 Å². The minimum absolute atomic E-state index is 0.149. The van der Waals surface area contributed by atoms with Crippen LogP contribution in [0.1, 0.15) is 90.4 Å². The largest absolute Gasteiger partial charge is 0.481 e. The molecular weight excluding hydrogens is 384 g/mol. The molecule has 6 nitrogen and oxygen atoms in total. The Morgan fingerprint density at radius 1 is 1.00 bits per heavy atom. The molecule has 1 rings (SSSR count). The number of carboxylic acid groups (broad SMARTS) is 1. The smallest absolute Gasteiger partial charge is 0.346 e. The zero-order valence-corrected chi connectivity index (χ0v) is 18.6. The minimum atomic E-state index is -1.04. The number of carbonyl (C=O) groups excluding carboxylic acids is 2. The number of carbonyl (C=O) groups is 3. The maximum absolute atomic E-state index is 11.8. The predicted molar refractivity (Wildman–Crippen MR) is 116 cm³/mol. The van der Waals surface area contributed by atoms with Crippen molar-refractivity contribution in [1.82, 2.24) is 0 Å². The third-order valence-corrected chi connectivity index (χ3v) is 5.50. The molecule has 1 aliphatic rings. The molecule has 0 radical (unpaired) electrons. The minimum Gasteiger partial charge on any atom is -0.481 e. The van der Waals surface area contributed by atoms with Crippen LogP contribution in [0, 0.1) is 5.92 Å². The second-order valence-electron chi connectivity index (χ2n) is 7.88. The molecule has 30 heavy (non-hydrogen) atoms. The van der Waals surface area contributed by atoms with Gasteiger partial charge >= 0.3 is 17.9 Å². The van der Waals surface area contributed by atoms with Gasteiger partial charge in [-0.2, -0.15) is 0 Å². The van der Waals surface area contributed by atoms with Gasteiger partial charge in [0.25, 0.3) is 0 Å². The van der Waals surface area contributed by atoms with Crippen molar-refractivity contribution in [3.05, 3.63) is 23.3 Å². The molecule has 1 aliphatic heterocycles. The fraction of sp³-hybridized carbons (Fsp3) is 0.708. The van der Waals surface area contributed by atoms with Crippen LogP contribution in [0.5, 0.6) is 0 Å². The van der Waals surface area contributed by atoms with Crippen molar-refractivity contribution in [3.8, 4) is 0 Å². The highest BCUT2D eigenvalue weighted by Crippen LogP contribution is 2.28. The summed E-state index contributed by atoms with van der Waals surface area (Å²) in [7, 11) is 1.16. The highest BCUT2D eigenvalue weighted by atomic mass is 16.6. The van der Waals surface area contributed by atoms with Crippen molar-refractivity contribution in [2.24, 2.45) is 5.92 Å². The van der Waals surface area contributed by atoms with E-state index in [1.54, 1.807) is 0 Å². The van der Waals surface area contributed by atoms with Crippen molar-refractivity contribution in [3.63, 3.8) is 0 Å². The molecule has 1 unspecified atom stereocenters. The molecule has 0 saturated carbocycles. The number of unbranched alkanes of at least 4 members (excludes halogenated alkanes) is 10. The van der Waals surface area contributed by atoms with E-state index in [2.05, 4.69) is 23.8 Å². The van der Waals surface area contributed by atoms with E-state index in [9.17, 15) is 19.5 Å². The SMILES string of the molecule is CCCCCCCC/C=C\CCCCCCC(C(=O)O)C1=C(C(=O)OC)C(=O)OC1.